The van der Waals surface area contributed by atoms with Crippen molar-refractivity contribution >= 4 is 64.5 Å². The molecule has 0 aliphatic carbocycles. The van der Waals surface area contributed by atoms with Crippen LogP contribution in [0.1, 0.15) is 0 Å². The third kappa shape index (κ3) is 19.2. The maximum atomic E-state index is 9.32. The van der Waals surface area contributed by atoms with Crippen LogP contribution in [-0.2, 0) is 40.7 Å². The largest absolute Gasteiger partial charge is 2.00 e. The van der Waals surface area contributed by atoms with E-state index in [2.05, 4.69) is 4.31 Å². The van der Waals surface area contributed by atoms with Gasteiger partial charge in [-0.2, -0.15) is 0 Å². The van der Waals surface area contributed by atoms with E-state index in [0.717, 1.165) is 0 Å². The van der Waals surface area contributed by atoms with Gasteiger partial charge in [-0.1, -0.05) is 0 Å². The molecular formula is BaCdO7P2. The maximum absolute atomic E-state index is 9.32. The molecular weight excluding hydrogens is 424 g/mol. The topological polar surface area (TPSA) is 136 Å². The number of hydrogen-bond acceptors (Lipinski definition) is 7. The Morgan fingerprint density at radius 3 is 1.09 bits per heavy atom. The van der Waals surface area contributed by atoms with Gasteiger partial charge < -0.3 is 33.0 Å². The van der Waals surface area contributed by atoms with Crippen molar-refractivity contribution in [3.05, 3.63) is 0 Å². The second kappa shape index (κ2) is 7.10. The second-order valence-electron chi connectivity index (χ2n) is 0.976. The molecule has 0 aromatic heterocycles. The van der Waals surface area contributed by atoms with Crippen molar-refractivity contribution in [1.29, 1.82) is 0 Å². The maximum Gasteiger partial charge on any atom is 2.00 e. The van der Waals surface area contributed by atoms with Gasteiger partial charge in [0.25, 0.3) is 0 Å². The Kier molecular flexibility index (Phi) is 12.5. The fraction of sp³-hybridized carbons (Fsp3) is 0. The minimum absolute atomic E-state index is 0. The van der Waals surface area contributed by atoms with Crippen molar-refractivity contribution in [2.45, 2.75) is 0 Å². The van der Waals surface area contributed by atoms with E-state index < -0.39 is 15.6 Å². The summed E-state index contributed by atoms with van der Waals surface area (Å²) in [6.07, 6.45) is 0. The monoisotopic (exact) mass is 426 g/mol. The van der Waals surface area contributed by atoms with Crippen LogP contribution < -0.4 is 19.6 Å². The summed E-state index contributed by atoms with van der Waals surface area (Å²) in [4.78, 5) is 37.3. The predicted molar refractivity (Wildman–Crippen MR) is 22.1 cm³/mol. The van der Waals surface area contributed by atoms with Crippen molar-refractivity contribution < 1.29 is 60.3 Å². The van der Waals surface area contributed by atoms with E-state index in [-0.39, 0.29) is 76.2 Å². The van der Waals surface area contributed by atoms with Crippen LogP contribution in [0.25, 0.3) is 0 Å². The average Bonchev–Trinajstić information content (AvgIpc) is 1.14. The molecule has 0 radical (unpaired) electrons. The minimum atomic E-state index is -5.68. The van der Waals surface area contributed by atoms with Crippen LogP contribution in [0, 0.1) is 0 Å². The molecule has 0 saturated carbocycles. The molecule has 0 aromatic carbocycles. The van der Waals surface area contributed by atoms with Crippen LogP contribution >= 0.6 is 15.6 Å². The zero-order chi connectivity index (χ0) is 7.71. The van der Waals surface area contributed by atoms with Crippen LogP contribution in [0.2, 0.25) is 0 Å². The van der Waals surface area contributed by atoms with Gasteiger partial charge >= 0.3 is 76.2 Å². The summed E-state index contributed by atoms with van der Waals surface area (Å²) in [6.45, 7) is 0. The summed E-state index contributed by atoms with van der Waals surface area (Å²) < 4.78 is 21.2. The summed E-state index contributed by atoms with van der Waals surface area (Å²) in [5.41, 5.74) is 0. The molecule has 0 bridgehead atoms. The van der Waals surface area contributed by atoms with Crippen LogP contribution in [0.3, 0.4) is 0 Å². The summed E-state index contributed by atoms with van der Waals surface area (Å²) in [5, 5.41) is 0. The van der Waals surface area contributed by atoms with Gasteiger partial charge in [-0.05, 0) is 0 Å². The van der Waals surface area contributed by atoms with E-state index in [0.29, 0.717) is 0 Å². The third-order valence-electron chi connectivity index (χ3n) is 0.200. The first-order valence-corrected chi connectivity index (χ1v) is 4.38. The molecule has 0 rings (SSSR count). The number of phosphoric acid groups is 2. The van der Waals surface area contributed by atoms with E-state index in [1.807, 2.05) is 0 Å². The zero-order valence-electron chi connectivity index (χ0n) is 5.17. The molecule has 0 N–H and O–H groups in total. The Labute approximate surface area is 123 Å². The molecule has 0 amide bonds. The van der Waals surface area contributed by atoms with Crippen molar-refractivity contribution in [1.82, 2.24) is 0 Å². The van der Waals surface area contributed by atoms with Gasteiger partial charge in [0.1, 0.15) is 0 Å². The van der Waals surface area contributed by atoms with E-state index in [9.17, 15) is 28.7 Å². The Morgan fingerprint density at radius 2 is 1.09 bits per heavy atom. The fourth-order valence-electron chi connectivity index (χ4n) is 0.122. The summed E-state index contributed by atoms with van der Waals surface area (Å²) in [5.74, 6) is 0. The molecule has 0 atom stereocenters. The van der Waals surface area contributed by atoms with Gasteiger partial charge in [-0.15, -0.1) is 0 Å². The first-order valence-electron chi connectivity index (χ1n) is 1.46. The molecule has 0 aliphatic heterocycles. The predicted octanol–water partition coefficient (Wildman–Crippen LogP) is -3.72. The van der Waals surface area contributed by atoms with E-state index in [1.165, 1.54) is 0 Å². The molecule has 7 nitrogen and oxygen atoms in total. The standard InChI is InChI=1S/Ba.Cd.H4O7P2/c;;1-8(2,3)7-9(4,5)6/h;;(H2,1,2,3)(H2,4,5,6)/q2*+2;/p-4. The third-order valence-corrected chi connectivity index (χ3v) is 1.80. The summed E-state index contributed by atoms with van der Waals surface area (Å²) in [6, 6.07) is 0. The molecule has 0 aliphatic rings. The second-order valence-corrected chi connectivity index (χ2v) is 3.42. The molecule has 0 heterocycles. The Morgan fingerprint density at radius 1 is 0.909 bits per heavy atom. The van der Waals surface area contributed by atoms with Crippen molar-refractivity contribution in [2.24, 2.45) is 0 Å². The first kappa shape index (κ1) is 19.3. The summed E-state index contributed by atoms with van der Waals surface area (Å²) in [7, 11) is -11.4. The van der Waals surface area contributed by atoms with Crippen LogP contribution in [0.15, 0.2) is 0 Å². The SMILES string of the molecule is O=P([O-])([O-])OP(=O)([O-])[O-].[Ba+2].[Cd+2]. The van der Waals surface area contributed by atoms with Gasteiger partial charge in [0, 0.05) is 0 Å². The normalized spacial score (nSPS) is 11.3. The fourth-order valence-corrected chi connectivity index (χ4v) is 1.10. The van der Waals surface area contributed by atoms with E-state index in [4.69, 9.17) is 0 Å². The Hall–Kier alpha value is 2.75. The molecule has 0 saturated heterocycles. The van der Waals surface area contributed by atoms with Crippen molar-refractivity contribution in [2.75, 3.05) is 0 Å². The first-order chi connectivity index (χ1) is 3.71. The van der Waals surface area contributed by atoms with Crippen molar-refractivity contribution in [3.8, 4) is 0 Å². The molecule has 11 heteroatoms. The molecule has 0 fully saturated rings. The number of hydrogen-bond donors (Lipinski definition) is 0. The molecule has 0 aromatic rings. The van der Waals surface area contributed by atoms with Crippen LogP contribution in [0.4, 0.5) is 0 Å². The zero-order valence-corrected chi connectivity index (χ0v) is 15.4. The van der Waals surface area contributed by atoms with Gasteiger partial charge in [0.15, 0.2) is 0 Å². The van der Waals surface area contributed by atoms with Crippen LogP contribution in [-0.4, -0.2) is 48.9 Å². The minimum Gasteiger partial charge on any atom is -0.790 e. The van der Waals surface area contributed by atoms with E-state index >= 15 is 0 Å². The molecule has 56 valence electrons. The van der Waals surface area contributed by atoms with Crippen molar-refractivity contribution in [3.63, 3.8) is 0 Å². The Balaban J connectivity index is -0.000000320. The molecule has 11 heavy (non-hydrogen) atoms. The molecule has 0 spiro atoms. The smallest absolute Gasteiger partial charge is 0.790 e. The van der Waals surface area contributed by atoms with E-state index in [1.54, 1.807) is 0 Å². The van der Waals surface area contributed by atoms with Gasteiger partial charge in [-0.25, -0.2) is 0 Å². The van der Waals surface area contributed by atoms with Gasteiger partial charge in [0.2, 0.25) is 0 Å². The Bertz CT molecular complexity index is 157. The van der Waals surface area contributed by atoms with Gasteiger partial charge in [0.05, 0.1) is 15.6 Å². The van der Waals surface area contributed by atoms with Gasteiger partial charge in [-0.3, -0.25) is 0 Å². The molecule has 0 unspecified atom stereocenters. The quantitative estimate of drug-likeness (QED) is 0.329. The van der Waals surface area contributed by atoms with Crippen LogP contribution in [0.5, 0.6) is 0 Å². The average molecular weight is 424 g/mol. The summed E-state index contributed by atoms with van der Waals surface area (Å²) >= 11 is 0. The number of rotatable bonds is 2.